The molecule has 0 N–H and O–H groups in total. The van der Waals surface area contributed by atoms with Crippen LogP contribution in [0.2, 0.25) is 0 Å². The highest BCUT2D eigenvalue weighted by Crippen LogP contribution is 2.46. The van der Waals surface area contributed by atoms with Crippen LogP contribution in [0, 0.1) is 0 Å². The highest BCUT2D eigenvalue weighted by Gasteiger charge is 2.27. The van der Waals surface area contributed by atoms with Crippen LogP contribution in [0.3, 0.4) is 0 Å². The number of fused-ring (bicyclic) bond motifs is 5. The van der Waals surface area contributed by atoms with Crippen LogP contribution < -0.4 is 0 Å². The topological polar surface area (TPSA) is 46.0 Å². The van der Waals surface area contributed by atoms with E-state index in [2.05, 4.69) is 180 Å². The molecule has 2 aromatic heterocycles. The first-order valence-electron chi connectivity index (χ1n) is 17.9. The maximum atomic E-state index is 6.99. The van der Waals surface area contributed by atoms with E-state index < -0.39 is 0 Å². The number of aliphatic imine (C=N–C) groups is 2. The van der Waals surface area contributed by atoms with Crippen LogP contribution in [0.15, 0.2) is 196 Å². The average Bonchev–Trinajstić information content (AvgIpc) is 3.79. The van der Waals surface area contributed by atoms with Crippen molar-refractivity contribution in [2.45, 2.75) is 6.17 Å². The van der Waals surface area contributed by atoms with Gasteiger partial charge in [0.05, 0.1) is 16.4 Å². The Labute approximate surface area is 307 Å². The zero-order valence-corrected chi connectivity index (χ0v) is 29.1. The van der Waals surface area contributed by atoms with Gasteiger partial charge in [-0.3, -0.25) is 0 Å². The molecule has 9 aromatic rings. The van der Waals surface area contributed by atoms with Crippen LogP contribution in [-0.4, -0.2) is 28.2 Å². The smallest absolute Gasteiger partial charge is 0.159 e. The van der Waals surface area contributed by atoms with Gasteiger partial charge in [0.2, 0.25) is 0 Å². The molecular formula is C48H34N4O. The van der Waals surface area contributed by atoms with Crippen molar-refractivity contribution in [2.24, 2.45) is 9.98 Å². The van der Waals surface area contributed by atoms with Gasteiger partial charge in [0, 0.05) is 45.8 Å². The second kappa shape index (κ2) is 12.7. The molecule has 1 aliphatic rings. The minimum Gasteiger partial charge on any atom is -0.455 e. The van der Waals surface area contributed by atoms with Crippen LogP contribution in [-0.2, 0) is 0 Å². The van der Waals surface area contributed by atoms with Crippen molar-refractivity contribution in [3.63, 3.8) is 0 Å². The summed E-state index contributed by atoms with van der Waals surface area (Å²) >= 11 is 0. The molecule has 0 bridgehead atoms. The fourth-order valence-electron chi connectivity index (χ4n) is 7.80. The number of para-hydroxylation sites is 1. The predicted molar refractivity (Wildman–Crippen MR) is 218 cm³/mol. The molecule has 1 aliphatic heterocycles. The molecule has 7 aromatic carbocycles. The van der Waals surface area contributed by atoms with Gasteiger partial charge in [-0.25, -0.2) is 9.98 Å². The summed E-state index contributed by atoms with van der Waals surface area (Å²) in [6, 6.07) is 63.4. The molecule has 0 fully saturated rings. The molecule has 10 rings (SSSR count). The molecule has 5 nitrogen and oxygen atoms in total. The molecule has 0 saturated heterocycles. The minimum absolute atomic E-state index is 0.222. The van der Waals surface area contributed by atoms with Gasteiger partial charge in [0.15, 0.2) is 5.84 Å². The number of furan rings is 1. The number of amidine groups is 2. The summed E-state index contributed by atoms with van der Waals surface area (Å²) in [4.78, 5) is 12.6. The van der Waals surface area contributed by atoms with Crippen LogP contribution in [0.1, 0.15) is 22.9 Å². The Balaban J connectivity index is 1.18. The molecule has 0 radical (unpaired) electrons. The van der Waals surface area contributed by atoms with E-state index in [1.165, 1.54) is 0 Å². The summed E-state index contributed by atoms with van der Waals surface area (Å²) in [6.07, 6.45) is -0.222. The van der Waals surface area contributed by atoms with Crippen LogP contribution in [0.25, 0.3) is 60.9 Å². The number of benzene rings is 7. The number of nitrogens with zero attached hydrogens (tertiary/aromatic N) is 4. The second-order valence-corrected chi connectivity index (χ2v) is 13.4. The van der Waals surface area contributed by atoms with E-state index in [1.54, 1.807) is 0 Å². The summed E-state index contributed by atoms with van der Waals surface area (Å²) < 4.78 is 9.33. The number of hydrogen-bond donors (Lipinski definition) is 0. The molecule has 3 heterocycles. The highest BCUT2D eigenvalue weighted by molar-refractivity contribution is 6.23. The summed E-state index contributed by atoms with van der Waals surface area (Å²) in [5, 5.41) is 3.32. The Bertz CT molecular complexity index is 2830. The van der Waals surface area contributed by atoms with Crippen molar-refractivity contribution >= 4 is 44.4 Å². The zero-order valence-electron chi connectivity index (χ0n) is 29.1. The third-order valence-electron chi connectivity index (χ3n) is 10.2. The van der Waals surface area contributed by atoms with Crippen molar-refractivity contribution in [3.05, 3.63) is 199 Å². The van der Waals surface area contributed by atoms with Gasteiger partial charge < -0.3 is 13.9 Å². The van der Waals surface area contributed by atoms with E-state index in [0.717, 1.165) is 83.4 Å². The van der Waals surface area contributed by atoms with Crippen molar-refractivity contribution in [1.29, 1.82) is 0 Å². The molecule has 0 amide bonds. The van der Waals surface area contributed by atoms with E-state index in [-0.39, 0.29) is 6.17 Å². The first kappa shape index (κ1) is 30.8. The molecule has 252 valence electrons. The summed E-state index contributed by atoms with van der Waals surface area (Å²) in [5.41, 5.74) is 10.5. The van der Waals surface area contributed by atoms with Crippen molar-refractivity contribution in [3.8, 4) is 28.1 Å². The molecule has 0 saturated carbocycles. The Morgan fingerprint density at radius 3 is 1.89 bits per heavy atom. The lowest BCUT2D eigenvalue weighted by atomic mass is 9.98. The Morgan fingerprint density at radius 2 is 1.15 bits per heavy atom. The second-order valence-electron chi connectivity index (χ2n) is 13.4. The molecule has 0 spiro atoms. The van der Waals surface area contributed by atoms with Crippen LogP contribution >= 0.6 is 0 Å². The average molecular weight is 683 g/mol. The Hall–Kier alpha value is -6.98. The van der Waals surface area contributed by atoms with Crippen molar-refractivity contribution in [1.82, 2.24) is 9.47 Å². The van der Waals surface area contributed by atoms with Crippen molar-refractivity contribution < 1.29 is 4.42 Å². The molecule has 0 aliphatic carbocycles. The molecular weight excluding hydrogens is 649 g/mol. The lowest BCUT2D eigenvalue weighted by Gasteiger charge is -2.32. The predicted octanol–water partition coefficient (Wildman–Crippen LogP) is 11.7. The molecule has 1 atom stereocenters. The van der Waals surface area contributed by atoms with Gasteiger partial charge in [-0.15, -0.1) is 0 Å². The van der Waals surface area contributed by atoms with E-state index in [0.29, 0.717) is 5.84 Å². The molecule has 1 unspecified atom stereocenters. The van der Waals surface area contributed by atoms with Gasteiger partial charge in [-0.2, -0.15) is 0 Å². The summed E-state index contributed by atoms with van der Waals surface area (Å²) in [6.45, 7) is 0. The van der Waals surface area contributed by atoms with Gasteiger partial charge in [-0.1, -0.05) is 152 Å². The third kappa shape index (κ3) is 5.16. The number of hydrogen-bond acceptors (Lipinski definition) is 4. The fraction of sp³-hybridized carbons (Fsp3) is 0.0417. The van der Waals surface area contributed by atoms with E-state index in [9.17, 15) is 0 Å². The lowest BCUT2D eigenvalue weighted by Crippen LogP contribution is -2.35. The van der Waals surface area contributed by atoms with Crippen LogP contribution in [0.5, 0.6) is 0 Å². The van der Waals surface area contributed by atoms with Gasteiger partial charge >= 0.3 is 0 Å². The third-order valence-corrected chi connectivity index (χ3v) is 10.2. The van der Waals surface area contributed by atoms with Gasteiger partial charge in [-0.05, 0) is 41.5 Å². The summed E-state index contributed by atoms with van der Waals surface area (Å²) in [7, 11) is 2.07. The monoisotopic (exact) mass is 682 g/mol. The number of rotatable bonds is 6. The lowest BCUT2D eigenvalue weighted by molar-refractivity contribution is 0.383. The Morgan fingerprint density at radius 1 is 0.528 bits per heavy atom. The first-order valence-corrected chi connectivity index (χ1v) is 17.9. The standard InChI is InChI=1S/C48H34N4O/c1-51-47(34-21-10-4-11-22-34)49-46(50-48(51)35-23-12-5-13-24-35)36-25-16-26-37(31-36)52-40-28-15-14-27-38(40)43-41(52)30-29-39-42(32-17-6-2-7-18-32)44(53-45(39)43)33-19-8-3-9-20-33/h2-31,47H,1H3. The van der Waals surface area contributed by atoms with E-state index in [1.807, 2.05) is 18.2 Å². The minimum atomic E-state index is -0.222. The molecule has 53 heavy (non-hydrogen) atoms. The SMILES string of the molecule is CN1C(c2ccccc2)=NC(c2cccc(-n3c4ccccc4c4c5oc(-c6ccccc6)c(-c6ccccc6)c5ccc43)c2)=NC1c1ccccc1. The van der Waals surface area contributed by atoms with Crippen molar-refractivity contribution in [2.75, 3.05) is 7.05 Å². The van der Waals surface area contributed by atoms with Gasteiger partial charge in [0.1, 0.15) is 23.3 Å². The quantitative estimate of drug-likeness (QED) is 0.175. The fourth-order valence-corrected chi connectivity index (χ4v) is 7.80. The molecule has 5 heteroatoms. The number of aromatic nitrogens is 1. The maximum absolute atomic E-state index is 6.99. The normalized spacial score (nSPS) is 14.5. The largest absolute Gasteiger partial charge is 0.455 e. The first-order chi connectivity index (χ1) is 26.2. The van der Waals surface area contributed by atoms with Gasteiger partial charge in [0.25, 0.3) is 0 Å². The highest BCUT2D eigenvalue weighted by atomic mass is 16.3. The van der Waals surface area contributed by atoms with E-state index in [4.69, 9.17) is 14.4 Å². The van der Waals surface area contributed by atoms with Crippen LogP contribution in [0.4, 0.5) is 0 Å². The maximum Gasteiger partial charge on any atom is 0.159 e. The zero-order chi connectivity index (χ0) is 35.3. The van der Waals surface area contributed by atoms with E-state index >= 15 is 0 Å². The summed E-state index contributed by atoms with van der Waals surface area (Å²) in [5.74, 6) is 2.46. The Kier molecular flexibility index (Phi) is 7.36.